The van der Waals surface area contributed by atoms with Crippen LogP contribution >= 0.6 is 0 Å². The number of carbonyl (C=O) groups is 1. The summed E-state index contributed by atoms with van der Waals surface area (Å²) in [6.45, 7) is 4.44. The Hall–Kier alpha value is -2.14. The minimum absolute atomic E-state index is 0.0242. The second kappa shape index (κ2) is 5.81. The van der Waals surface area contributed by atoms with Crippen molar-refractivity contribution >= 4 is 23.0 Å². The third-order valence-electron chi connectivity index (χ3n) is 5.02. The highest BCUT2D eigenvalue weighted by atomic mass is 16.1. The van der Waals surface area contributed by atoms with Crippen LogP contribution in [0.2, 0.25) is 0 Å². The third-order valence-corrected chi connectivity index (χ3v) is 5.02. The van der Waals surface area contributed by atoms with Gasteiger partial charge in [-0.2, -0.15) is 0 Å². The van der Waals surface area contributed by atoms with Crippen LogP contribution in [0.1, 0.15) is 44.5 Å². The predicted octanol–water partition coefficient (Wildman–Crippen LogP) is 2.78. The SMILES string of the molecule is CC(C)N(C)C1(c2nc3ccc(/C=C/C(N)=O)cc3[nH]2)CCC1. The summed E-state index contributed by atoms with van der Waals surface area (Å²) in [5, 5.41) is 0. The van der Waals surface area contributed by atoms with Gasteiger partial charge in [-0.25, -0.2) is 4.98 Å². The smallest absolute Gasteiger partial charge is 0.241 e. The minimum Gasteiger partial charge on any atom is -0.366 e. The van der Waals surface area contributed by atoms with E-state index in [0.29, 0.717) is 6.04 Å². The van der Waals surface area contributed by atoms with Gasteiger partial charge in [0.2, 0.25) is 5.91 Å². The van der Waals surface area contributed by atoms with Gasteiger partial charge in [0.25, 0.3) is 0 Å². The number of primary amides is 1. The summed E-state index contributed by atoms with van der Waals surface area (Å²) >= 11 is 0. The molecule has 122 valence electrons. The van der Waals surface area contributed by atoms with Crippen molar-refractivity contribution in [3.05, 3.63) is 35.7 Å². The Morgan fingerprint density at radius 2 is 2.17 bits per heavy atom. The second-order valence-electron chi connectivity index (χ2n) is 6.69. The maximum Gasteiger partial charge on any atom is 0.241 e. The fraction of sp³-hybridized carbons (Fsp3) is 0.444. The molecule has 2 aromatic rings. The van der Waals surface area contributed by atoms with Crippen molar-refractivity contribution in [3.8, 4) is 0 Å². The number of benzene rings is 1. The van der Waals surface area contributed by atoms with Gasteiger partial charge in [-0.05, 0) is 63.9 Å². The number of rotatable bonds is 5. The average molecular weight is 312 g/mol. The Bertz CT molecular complexity index is 755. The predicted molar refractivity (Wildman–Crippen MR) is 92.8 cm³/mol. The summed E-state index contributed by atoms with van der Waals surface area (Å²) in [6, 6.07) is 6.41. The molecule has 3 N–H and O–H groups in total. The zero-order chi connectivity index (χ0) is 16.6. The number of H-pyrrole nitrogens is 1. The first kappa shape index (κ1) is 15.7. The van der Waals surface area contributed by atoms with E-state index < -0.39 is 5.91 Å². The van der Waals surface area contributed by atoms with Crippen LogP contribution in [-0.4, -0.2) is 33.9 Å². The monoisotopic (exact) mass is 312 g/mol. The van der Waals surface area contributed by atoms with Crippen molar-refractivity contribution in [1.82, 2.24) is 14.9 Å². The van der Waals surface area contributed by atoms with Crippen molar-refractivity contribution in [2.75, 3.05) is 7.05 Å². The Balaban J connectivity index is 1.98. The lowest BCUT2D eigenvalue weighted by Gasteiger charge is -2.49. The Morgan fingerprint density at radius 1 is 1.43 bits per heavy atom. The number of aromatic nitrogens is 2. The van der Waals surface area contributed by atoms with E-state index in [1.807, 2.05) is 18.2 Å². The zero-order valence-electron chi connectivity index (χ0n) is 14.0. The minimum atomic E-state index is -0.442. The molecule has 1 saturated carbocycles. The number of aromatic amines is 1. The molecule has 0 aliphatic heterocycles. The molecule has 1 fully saturated rings. The van der Waals surface area contributed by atoms with Gasteiger partial charge in [0.05, 0.1) is 16.6 Å². The molecule has 1 aliphatic carbocycles. The van der Waals surface area contributed by atoms with E-state index >= 15 is 0 Å². The molecule has 0 bridgehead atoms. The molecule has 0 unspecified atom stereocenters. The van der Waals surface area contributed by atoms with Crippen LogP contribution in [0.15, 0.2) is 24.3 Å². The van der Waals surface area contributed by atoms with Crippen LogP contribution in [-0.2, 0) is 10.3 Å². The van der Waals surface area contributed by atoms with Crippen molar-refractivity contribution in [1.29, 1.82) is 0 Å². The first-order chi connectivity index (χ1) is 10.9. The first-order valence-corrected chi connectivity index (χ1v) is 8.13. The van der Waals surface area contributed by atoms with E-state index in [0.717, 1.165) is 35.3 Å². The lowest BCUT2D eigenvalue weighted by Crippen LogP contribution is -2.52. The van der Waals surface area contributed by atoms with Gasteiger partial charge in [-0.3, -0.25) is 9.69 Å². The molecule has 0 spiro atoms. The van der Waals surface area contributed by atoms with Crippen LogP contribution in [0.3, 0.4) is 0 Å². The van der Waals surface area contributed by atoms with Gasteiger partial charge in [0, 0.05) is 12.1 Å². The number of carbonyl (C=O) groups excluding carboxylic acids is 1. The van der Waals surface area contributed by atoms with Crippen LogP contribution in [0.4, 0.5) is 0 Å². The Labute approximate surface area is 136 Å². The number of nitrogens with one attached hydrogen (secondary N) is 1. The van der Waals surface area contributed by atoms with Gasteiger partial charge in [-0.15, -0.1) is 0 Å². The van der Waals surface area contributed by atoms with E-state index in [1.165, 1.54) is 12.5 Å². The van der Waals surface area contributed by atoms with Crippen LogP contribution < -0.4 is 5.73 Å². The average Bonchev–Trinajstić information content (AvgIpc) is 2.86. The number of nitrogens with two attached hydrogens (primary N) is 1. The number of nitrogens with zero attached hydrogens (tertiary/aromatic N) is 2. The standard InChI is InChI=1S/C18H24N4O/c1-12(2)22(3)18(9-4-10-18)17-20-14-7-5-13(6-8-16(19)23)11-15(14)21-17/h5-8,11-12H,4,9-10H2,1-3H3,(H2,19,23)(H,20,21)/b8-6+. The summed E-state index contributed by atoms with van der Waals surface area (Å²) in [6.07, 6.45) is 6.60. The second-order valence-corrected chi connectivity index (χ2v) is 6.69. The van der Waals surface area contributed by atoms with Crippen LogP contribution in [0.25, 0.3) is 17.1 Å². The summed E-state index contributed by atoms with van der Waals surface area (Å²) in [7, 11) is 2.18. The van der Waals surface area contributed by atoms with Gasteiger partial charge in [0.1, 0.15) is 5.82 Å². The normalized spacial score (nSPS) is 17.3. The van der Waals surface area contributed by atoms with Gasteiger partial charge < -0.3 is 10.7 Å². The lowest BCUT2D eigenvalue weighted by molar-refractivity contribution is -0.113. The van der Waals surface area contributed by atoms with Crippen molar-refractivity contribution in [2.45, 2.75) is 44.7 Å². The van der Waals surface area contributed by atoms with Crippen molar-refractivity contribution in [2.24, 2.45) is 5.73 Å². The molecule has 3 rings (SSSR count). The number of hydrogen-bond acceptors (Lipinski definition) is 3. The Morgan fingerprint density at radius 3 is 2.74 bits per heavy atom. The maximum atomic E-state index is 10.9. The number of hydrogen-bond donors (Lipinski definition) is 2. The van der Waals surface area contributed by atoms with Crippen molar-refractivity contribution < 1.29 is 4.79 Å². The number of amides is 1. The molecule has 1 aromatic heterocycles. The highest BCUT2D eigenvalue weighted by molar-refractivity contribution is 5.91. The Kier molecular flexibility index (Phi) is 3.98. The molecule has 1 aromatic carbocycles. The van der Waals surface area contributed by atoms with E-state index in [1.54, 1.807) is 6.08 Å². The van der Waals surface area contributed by atoms with E-state index in [-0.39, 0.29) is 5.54 Å². The highest BCUT2D eigenvalue weighted by Crippen LogP contribution is 2.45. The quantitative estimate of drug-likeness (QED) is 0.834. The van der Waals surface area contributed by atoms with Gasteiger partial charge in [-0.1, -0.05) is 6.07 Å². The number of imidazole rings is 1. The molecular weight excluding hydrogens is 288 g/mol. The molecule has 0 saturated heterocycles. The van der Waals surface area contributed by atoms with E-state index in [9.17, 15) is 4.79 Å². The first-order valence-electron chi connectivity index (χ1n) is 8.13. The molecule has 1 amide bonds. The topological polar surface area (TPSA) is 75.0 Å². The summed E-state index contributed by atoms with van der Waals surface area (Å²) in [5.74, 6) is 0.605. The van der Waals surface area contributed by atoms with Gasteiger partial charge >= 0.3 is 0 Å². The molecule has 0 atom stereocenters. The van der Waals surface area contributed by atoms with Crippen LogP contribution in [0.5, 0.6) is 0 Å². The lowest BCUT2D eigenvalue weighted by atomic mass is 9.74. The molecule has 1 aliphatic rings. The zero-order valence-corrected chi connectivity index (χ0v) is 14.0. The van der Waals surface area contributed by atoms with Crippen molar-refractivity contribution in [3.63, 3.8) is 0 Å². The fourth-order valence-corrected chi connectivity index (χ4v) is 3.29. The largest absolute Gasteiger partial charge is 0.366 e. The molecule has 0 radical (unpaired) electrons. The number of fused-ring (bicyclic) bond motifs is 1. The van der Waals surface area contributed by atoms with Crippen LogP contribution in [0, 0.1) is 0 Å². The molecular formula is C18H24N4O. The summed E-state index contributed by atoms with van der Waals surface area (Å²) in [4.78, 5) is 21.6. The summed E-state index contributed by atoms with van der Waals surface area (Å²) < 4.78 is 0. The van der Waals surface area contributed by atoms with E-state index in [4.69, 9.17) is 10.7 Å². The molecule has 1 heterocycles. The third kappa shape index (κ3) is 2.77. The molecule has 5 heteroatoms. The summed E-state index contributed by atoms with van der Waals surface area (Å²) in [5.41, 5.74) is 8.06. The highest BCUT2D eigenvalue weighted by Gasteiger charge is 2.45. The maximum absolute atomic E-state index is 10.9. The van der Waals surface area contributed by atoms with E-state index in [2.05, 4.69) is 30.8 Å². The molecule has 23 heavy (non-hydrogen) atoms. The molecule has 5 nitrogen and oxygen atoms in total. The fourth-order valence-electron chi connectivity index (χ4n) is 3.29. The van der Waals surface area contributed by atoms with Gasteiger partial charge in [0.15, 0.2) is 0 Å².